The highest BCUT2D eigenvalue weighted by Gasteiger charge is 2.33. The van der Waals surface area contributed by atoms with Crippen LogP contribution in [0.2, 0.25) is 0 Å². The maximum atomic E-state index is 12.4. The molecule has 1 aliphatic carbocycles. The van der Waals surface area contributed by atoms with Crippen LogP contribution in [0.4, 0.5) is 11.4 Å². The first-order chi connectivity index (χ1) is 11.1. The zero-order valence-corrected chi connectivity index (χ0v) is 13.7. The van der Waals surface area contributed by atoms with Gasteiger partial charge in [0.25, 0.3) is 0 Å². The van der Waals surface area contributed by atoms with Gasteiger partial charge >= 0.3 is 5.97 Å². The number of carbonyl (C=O) groups is 2. The zero-order valence-electron chi connectivity index (χ0n) is 13.7. The lowest BCUT2D eigenvalue weighted by molar-refractivity contribution is -0.146. The molecule has 0 saturated carbocycles. The van der Waals surface area contributed by atoms with Gasteiger partial charge in [-0.15, -0.1) is 0 Å². The Morgan fingerprint density at radius 1 is 1.09 bits per heavy atom. The van der Waals surface area contributed by atoms with Gasteiger partial charge in [0.05, 0.1) is 11.8 Å². The van der Waals surface area contributed by atoms with E-state index in [1.807, 2.05) is 36.4 Å². The Bertz CT molecular complexity index is 576. The van der Waals surface area contributed by atoms with Gasteiger partial charge in [0.2, 0.25) is 5.91 Å². The second-order valence-corrected chi connectivity index (χ2v) is 5.70. The van der Waals surface area contributed by atoms with Crippen LogP contribution >= 0.6 is 0 Å². The van der Waals surface area contributed by atoms with Gasteiger partial charge in [0, 0.05) is 24.5 Å². The molecule has 0 aliphatic heterocycles. The van der Waals surface area contributed by atoms with Crippen molar-refractivity contribution in [3.05, 3.63) is 36.4 Å². The predicted molar refractivity (Wildman–Crippen MR) is 91.6 cm³/mol. The average molecular weight is 316 g/mol. The maximum absolute atomic E-state index is 12.4. The van der Waals surface area contributed by atoms with E-state index in [2.05, 4.69) is 24.1 Å². The van der Waals surface area contributed by atoms with Crippen LogP contribution in [-0.4, -0.2) is 30.1 Å². The number of carboxylic acids is 1. The van der Waals surface area contributed by atoms with E-state index in [9.17, 15) is 14.7 Å². The molecule has 0 unspecified atom stereocenters. The molecule has 2 N–H and O–H groups in total. The van der Waals surface area contributed by atoms with Crippen molar-refractivity contribution in [2.24, 2.45) is 11.8 Å². The first-order valence-electron chi connectivity index (χ1n) is 8.10. The largest absolute Gasteiger partial charge is 0.481 e. The highest BCUT2D eigenvalue weighted by atomic mass is 16.4. The number of hydrogen-bond donors (Lipinski definition) is 2. The minimum Gasteiger partial charge on any atom is -0.481 e. The Kier molecular flexibility index (Phi) is 5.79. The molecule has 0 aromatic heterocycles. The third-order valence-corrected chi connectivity index (χ3v) is 4.35. The summed E-state index contributed by atoms with van der Waals surface area (Å²) in [5.41, 5.74) is 1.81. The second-order valence-electron chi connectivity index (χ2n) is 5.70. The summed E-state index contributed by atoms with van der Waals surface area (Å²) in [7, 11) is 0. The molecule has 1 aromatic carbocycles. The normalized spacial score (nSPS) is 20.1. The number of benzene rings is 1. The van der Waals surface area contributed by atoms with Crippen LogP contribution in [0.1, 0.15) is 26.7 Å². The molecule has 0 fully saturated rings. The van der Waals surface area contributed by atoms with E-state index >= 15 is 0 Å². The van der Waals surface area contributed by atoms with Crippen molar-refractivity contribution >= 4 is 23.3 Å². The lowest BCUT2D eigenvalue weighted by atomic mass is 9.82. The molecular formula is C18H24N2O3. The minimum atomic E-state index is -0.911. The van der Waals surface area contributed by atoms with Gasteiger partial charge in [-0.2, -0.15) is 0 Å². The number of amides is 1. The Hall–Kier alpha value is -2.30. The van der Waals surface area contributed by atoms with Crippen LogP contribution in [0.15, 0.2) is 36.4 Å². The van der Waals surface area contributed by atoms with Crippen LogP contribution in [0.3, 0.4) is 0 Å². The van der Waals surface area contributed by atoms with Crippen LogP contribution < -0.4 is 10.2 Å². The molecule has 2 rings (SSSR count). The first kappa shape index (κ1) is 17.1. The topological polar surface area (TPSA) is 69.6 Å². The summed E-state index contributed by atoms with van der Waals surface area (Å²) in [4.78, 5) is 25.9. The van der Waals surface area contributed by atoms with Crippen LogP contribution in [0.25, 0.3) is 0 Å². The number of anilines is 2. The predicted octanol–water partition coefficient (Wildman–Crippen LogP) is 3.14. The van der Waals surface area contributed by atoms with Gasteiger partial charge in [-0.1, -0.05) is 12.2 Å². The fraction of sp³-hybridized carbons (Fsp3) is 0.444. The molecule has 124 valence electrons. The van der Waals surface area contributed by atoms with Crippen molar-refractivity contribution in [2.75, 3.05) is 23.3 Å². The molecule has 23 heavy (non-hydrogen) atoms. The van der Waals surface area contributed by atoms with E-state index < -0.39 is 17.8 Å². The van der Waals surface area contributed by atoms with E-state index in [1.165, 1.54) is 0 Å². The van der Waals surface area contributed by atoms with Crippen molar-refractivity contribution in [3.8, 4) is 0 Å². The van der Waals surface area contributed by atoms with Gasteiger partial charge in [0.15, 0.2) is 0 Å². The highest BCUT2D eigenvalue weighted by Crippen LogP contribution is 2.27. The van der Waals surface area contributed by atoms with Crippen molar-refractivity contribution < 1.29 is 14.7 Å². The van der Waals surface area contributed by atoms with Gasteiger partial charge in [0.1, 0.15) is 0 Å². The number of carboxylic acid groups (broad SMARTS) is 1. The molecule has 0 saturated heterocycles. The summed E-state index contributed by atoms with van der Waals surface area (Å²) < 4.78 is 0. The summed E-state index contributed by atoms with van der Waals surface area (Å²) in [6.07, 6.45) is 4.60. The molecule has 0 heterocycles. The number of rotatable bonds is 6. The van der Waals surface area contributed by atoms with Crippen molar-refractivity contribution in [3.63, 3.8) is 0 Å². The number of hydrogen-bond acceptors (Lipinski definition) is 3. The Labute approximate surface area is 137 Å². The van der Waals surface area contributed by atoms with Crippen molar-refractivity contribution in [1.82, 2.24) is 0 Å². The molecule has 2 atom stereocenters. The molecule has 0 radical (unpaired) electrons. The zero-order chi connectivity index (χ0) is 16.8. The quantitative estimate of drug-likeness (QED) is 0.791. The van der Waals surface area contributed by atoms with Gasteiger partial charge in [-0.3, -0.25) is 9.59 Å². The average Bonchev–Trinajstić information content (AvgIpc) is 2.57. The van der Waals surface area contributed by atoms with Crippen LogP contribution in [-0.2, 0) is 9.59 Å². The lowest BCUT2D eigenvalue weighted by Crippen LogP contribution is -2.34. The molecule has 1 amide bonds. The first-order valence-corrected chi connectivity index (χ1v) is 8.10. The summed E-state index contributed by atoms with van der Waals surface area (Å²) in [6.45, 7) is 6.05. The van der Waals surface area contributed by atoms with Crippen LogP contribution in [0, 0.1) is 11.8 Å². The van der Waals surface area contributed by atoms with E-state index in [0.29, 0.717) is 18.5 Å². The maximum Gasteiger partial charge on any atom is 0.307 e. The van der Waals surface area contributed by atoms with Crippen molar-refractivity contribution in [1.29, 1.82) is 0 Å². The highest BCUT2D eigenvalue weighted by molar-refractivity contribution is 5.95. The molecule has 1 aliphatic rings. The molecular weight excluding hydrogens is 292 g/mol. The molecule has 0 spiro atoms. The van der Waals surface area contributed by atoms with E-state index in [-0.39, 0.29) is 5.91 Å². The monoisotopic (exact) mass is 316 g/mol. The van der Waals surface area contributed by atoms with E-state index in [4.69, 9.17) is 0 Å². The number of allylic oxidation sites excluding steroid dienone is 2. The third kappa shape index (κ3) is 4.12. The molecule has 1 aromatic rings. The number of aliphatic carboxylic acids is 1. The van der Waals surface area contributed by atoms with Crippen LogP contribution in [0.5, 0.6) is 0 Å². The Balaban J connectivity index is 2.05. The van der Waals surface area contributed by atoms with Gasteiger partial charge in [-0.25, -0.2) is 0 Å². The minimum absolute atomic E-state index is 0.225. The molecule has 5 heteroatoms. The standard InChI is InChI=1S/C18H24N2O3/c1-3-20(4-2)14-11-9-13(10-12-14)19-17(21)15-7-5-6-8-16(15)18(22)23/h5-6,9-12,15-16H,3-4,7-8H2,1-2H3,(H,19,21)(H,22,23)/t15-,16+/m1/s1. The van der Waals surface area contributed by atoms with E-state index in [0.717, 1.165) is 18.8 Å². The van der Waals surface area contributed by atoms with E-state index in [1.54, 1.807) is 0 Å². The summed E-state index contributed by atoms with van der Waals surface area (Å²) in [5, 5.41) is 12.1. The van der Waals surface area contributed by atoms with Gasteiger partial charge in [-0.05, 0) is 51.0 Å². The summed E-state index contributed by atoms with van der Waals surface area (Å²) in [5.74, 6) is -2.29. The third-order valence-electron chi connectivity index (χ3n) is 4.35. The molecule has 5 nitrogen and oxygen atoms in total. The summed E-state index contributed by atoms with van der Waals surface area (Å²) in [6, 6.07) is 7.66. The van der Waals surface area contributed by atoms with Gasteiger partial charge < -0.3 is 15.3 Å². The SMILES string of the molecule is CCN(CC)c1ccc(NC(=O)[C@@H]2CC=CC[C@@H]2C(=O)O)cc1. The number of nitrogens with one attached hydrogen (secondary N) is 1. The fourth-order valence-corrected chi connectivity index (χ4v) is 2.96. The molecule has 0 bridgehead atoms. The fourth-order valence-electron chi connectivity index (χ4n) is 2.96. The Morgan fingerprint density at radius 3 is 2.17 bits per heavy atom. The Morgan fingerprint density at radius 2 is 1.65 bits per heavy atom. The lowest BCUT2D eigenvalue weighted by Gasteiger charge is -2.24. The summed E-state index contributed by atoms with van der Waals surface area (Å²) >= 11 is 0. The van der Waals surface area contributed by atoms with Crippen molar-refractivity contribution in [2.45, 2.75) is 26.7 Å². The smallest absolute Gasteiger partial charge is 0.307 e. The number of carbonyl (C=O) groups excluding carboxylic acids is 1. The number of nitrogens with zero attached hydrogens (tertiary/aromatic N) is 1. The second kappa shape index (κ2) is 7.81.